The molecule has 0 aliphatic heterocycles. The van der Waals surface area contributed by atoms with Crippen molar-refractivity contribution in [2.75, 3.05) is 14.2 Å². The maximum Gasteiger partial charge on any atom is 0.160 e. The number of methoxy groups -OCH3 is 2. The van der Waals surface area contributed by atoms with Crippen molar-refractivity contribution in [3.05, 3.63) is 53.1 Å². The quantitative estimate of drug-likeness (QED) is 0.597. The predicted octanol–water partition coefficient (Wildman–Crippen LogP) is 4.97. The van der Waals surface area contributed by atoms with Crippen LogP contribution in [0.1, 0.15) is 61.3 Å². The highest BCUT2D eigenvalue weighted by Gasteiger charge is 2.58. The number of ether oxygens (including phenoxy) is 3. The summed E-state index contributed by atoms with van der Waals surface area (Å²) < 4.78 is 17.3. The monoisotopic (exact) mass is 451 g/mol. The van der Waals surface area contributed by atoms with E-state index in [4.69, 9.17) is 19.6 Å². The Labute approximate surface area is 195 Å². The van der Waals surface area contributed by atoms with Gasteiger partial charge in [-0.15, -0.1) is 0 Å². The lowest BCUT2D eigenvalue weighted by atomic mass is 9.54. The van der Waals surface area contributed by atoms with Gasteiger partial charge >= 0.3 is 0 Å². The van der Waals surface area contributed by atoms with Crippen LogP contribution in [0.2, 0.25) is 0 Å². The van der Waals surface area contributed by atoms with Gasteiger partial charge in [0, 0.05) is 23.5 Å². The Morgan fingerprint density at radius 2 is 1.94 bits per heavy atom. The number of benzene rings is 2. The maximum absolute atomic E-state index is 10.8. The van der Waals surface area contributed by atoms with E-state index in [2.05, 4.69) is 6.92 Å². The molecule has 2 aromatic carbocycles. The van der Waals surface area contributed by atoms with E-state index in [1.54, 1.807) is 20.3 Å². The van der Waals surface area contributed by atoms with Crippen LogP contribution in [0.4, 0.5) is 0 Å². The van der Waals surface area contributed by atoms with Crippen LogP contribution in [-0.4, -0.2) is 36.2 Å². The summed E-state index contributed by atoms with van der Waals surface area (Å²) >= 11 is 0. The molecule has 0 aromatic heterocycles. The number of rotatable bonds is 5. The Kier molecular flexibility index (Phi) is 5.61. The molecule has 2 unspecified atom stereocenters. The Morgan fingerprint density at radius 1 is 1.12 bits per heavy atom. The lowest BCUT2D eigenvalue weighted by molar-refractivity contribution is -0.0462. The lowest BCUT2D eigenvalue weighted by Crippen LogP contribution is -2.46. The summed E-state index contributed by atoms with van der Waals surface area (Å²) in [5.74, 6) is 1.90. The molecule has 33 heavy (non-hydrogen) atoms. The fourth-order valence-electron chi connectivity index (χ4n) is 6.70. The summed E-state index contributed by atoms with van der Waals surface area (Å²) in [6, 6.07) is 11.6. The van der Waals surface area contributed by atoms with Gasteiger partial charge in [0.15, 0.2) is 11.5 Å². The van der Waals surface area contributed by atoms with E-state index in [0.29, 0.717) is 24.5 Å². The zero-order valence-corrected chi connectivity index (χ0v) is 19.5. The van der Waals surface area contributed by atoms with E-state index in [1.807, 2.05) is 30.3 Å². The molecule has 6 atom stereocenters. The first-order valence-electron chi connectivity index (χ1n) is 11.8. The van der Waals surface area contributed by atoms with Gasteiger partial charge in [-0.3, -0.25) is 0 Å². The van der Waals surface area contributed by atoms with E-state index in [0.717, 1.165) is 41.7 Å². The third kappa shape index (κ3) is 3.60. The number of phenols is 1. The van der Waals surface area contributed by atoms with Crippen LogP contribution in [0.5, 0.6) is 17.2 Å². The second kappa shape index (κ2) is 8.33. The van der Waals surface area contributed by atoms with Crippen molar-refractivity contribution in [1.29, 1.82) is 5.41 Å². The van der Waals surface area contributed by atoms with Gasteiger partial charge in [0.25, 0.3) is 0 Å². The number of nitrogens with one attached hydrogen (secondary N) is 1. The van der Waals surface area contributed by atoms with Gasteiger partial charge in [-0.25, -0.2) is 0 Å². The first-order chi connectivity index (χ1) is 15.9. The smallest absolute Gasteiger partial charge is 0.160 e. The fraction of sp³-hybridized carbons (Fsp3) is 0.519. The molecule has 176 valence electrons. The number of aliphatic hydroxyl groups excluding tert-OH is 1. The standard InChI is InChI=1S/C27H33NO5/c1-27-8-7-17-18-11-24(32-3)22(29)10-19(18)23(12-20(17)26(27)21(28)13-25(27)30)33-14-15-5-4-6-16(9-15)31-2/h4-6,9-11,17,20,23,25-26,28-30H,7-8,12-14H2,1-3H3/t17-,20-,23?,25?,26-,27-/m1/s1. The number of hydrogen-bond donors (Lipinski definition) is 3. The van der Waals surface area contributed by atoms with Crippen molar-refractivity contribution < 1.29 is 24.4 Å². The van der Waals surface area contributed by atoms with E-state index in [9.17, 15) is 10.2 Å². The molecule has 0 saturated heterocycles. The van der Waals surface area contributed by atoms with Gasteiger partial charge in [0.05, 0.1) is 33.0 Å². The fourth-order valence-corrected chi connectivity index (χ4v) is 6.70. The van der Waals surface area contributed by atoms with Crippen molar-refractivity contribution in [3.63, 3.8) is 0 Å². The molecule has 6 nitrogen and oxygen atoms in total. The molecule has 0 spiro atoms. The predicted molar refractivity (Wildman–Crippen MR) is 125 cm³/mol. The van der Waals surface area contributed by atoms with Crippen LogP contribution in [0.25, 0.3) is 0 Å². The topological polar surface area (TPSA) is 92.0 Å². The zero-order chi connectivity index (χ0) is 23.3. The molecule has 3 N–H and O–H groups in total. The number of fused-ring (bicyclic) bond motifs is 5. The first-order valence-corrected chi connectivity index (χ1v) is 11.8. The highest BCUT2D eigenvalue weighted by molar-refractivity contribution is 5.88. The number of hydrogen-bond acceptors (Lipinski definition) is 6. The minimum atomic E-state index is -0.456. The molecule has 0 radical (unpaired) electrons. The molecule has 3 aliphatic carbocycles. The van der Waals surface area contributed by atoms with Crippen LogP contribution in [0.15, 0.2) is 36.4 Å². The SMILES string of the molecule is COc1cccc(COC2C[C@@H]3[C@H](CC[C@]4(C)C(O)CC(=N)[C@@H]34)c3cc(OC)c(O)cc32)c1. The Hall–Kier alpha value is -2.57. The van der Waals surface area contributed by atoms with Gasteiger partial charge in [0.2, 0.25) is 0 Å². The Morgan fingerprint density at radius 3 is 2.70 bits per heavy atom. The number of phenolic OH excluding ortho intramolecular Hbond substituents is 1. The van der Waals surface area contributed by atoms with Crippen molar-refractivity contribution in [2.45, 2.75) is 57.3 Å². The highest BCUT2D eigenvalue weighted by atomic mass is 16.5. The Balaban J connectivity index is 1.51. The van der Waals surface area contributed by atoms with E-state index >= 15 is 0 Å². The molecule has 5 rings (SSSR count). The summed E-state index contributed by atoms with van der Waals surface area (Å²) in [5, 5.41) is 30.0. The molecule has 6 heteroatoms. The molecule has 2 fully saturated rings. The number of aromatic hydroxyl groups is 1. The number of aliphatic hydroxyl groups is 1. The van der Waals surface area contributed by atoms with Gasteiger partial charge in [0.1, 0.15) is 5.75 Å². The van der Waals surface area contributed by atoms with Crippen molar-refractivity contribution in [1.82, 2.24) is 0 Å². The third-order valence-electron chi connectivity index (χ3n) is 8.40. The van der Waals surface area contributed by atoms with Crippen LogP contribution in [-0.2, 0) is 11.3 Å². The molecular weight excluding hydrogens is 418 g/mol. The Bertz CT molecular complexity index is 1070. The summed E-state index contributed by atoms with van der Waals surface area (Å²) in [5.41, 5.74) is 3.58. The van der Waals surface area contributed by atoms with Crippen LogP contribution in [0.3, 0.4) is 0 Å². The molecule has 0 amide bonds. The normalized spacial score (nSPS) is 32.6. The van der Waals surface area contributed by atoms with E-state index in [-0.39, 0.29) is 35.0 Å². The van der Waals surface area contributed by atoms with Crippen LogP contribution >= 0.6 is 0 Å². The second-order valence-corrected chi connectivity index (χ2v) is 10.1. The molecule has 2 saturated carbocycles. The van der Waals surface area contributed by atoms with Gasteiger partial charge in [-0.2, -0.15) is 0 Å². The summed E-state index contributed by atoms with van der Waals surface area (Å²) in [4.78, 5) is 0. The van der Waals surface area contributed by atoms with Crippen LogP contribution in [0, 0.1) is 22.7 Å². The van der Waals surface area contributed by atoms with Gasteiger partial charge in [-0.05, 0) is 72.1 Å². The van der Waals surface area contributed by atoms with Gasteiger partial charge < -0.3 is 29.8 Å². The average Bonchev–Trinajstić information content (AvgIpc) is 3.05. The zero-order valence-electron chi connectivity index (χ0n) is 19.5. The largest absolute Gasteiger partial charge is 0.504 e. The average molecular weight is 452 g/mol. The summed E-state index contributed by atoms with van der Waals surface area (Å²) in [6.07, 6.45) is 2.40. The maximum atomic E-state index is 10.8. The third-order valence-corrected chi connectivity index (χ3v) is 8.40. The molecule has 0 bridgehead atoms. The highest BCUT2D eigenvalue weighted by Crippen LogP contribution is 2.62. The van der Waals surface area contributed by atoms with Crippen molar-refractivity contribution in [2.24, 2.45) is 17.3 Å². The summed E-state index contributed by atoms with van der Waals surface area (Å²) in [6.45, 7) is 2.58. The summed E-state index contributed by atoms with van der Waals surface area (Å²) in [7, 11) is 3.22. The van der Waals surface area contributed by atoms with Crippen molar-refractivity contribution >= 4 is 5.71 Å². The molecule has 2 aromatic rings. The van der Waals surface area contributed by atoms with E-state index < -0.39 is 6.10 Å². The molecule has 0 heterocycles. The molecule has 3 aliphatic rings. The minimum Gasteiger partial charge on any atom is -0.504 e. The lowest BCUT2D eigenvalue weighted by Gasteiger charge is -2.51. The second-order valence-electron chi connectivity index (χ2n) is 10.1. The van der Waals surface area contributed by atoms with Crippen molar-refractivity contribution in [3.8, 4) is 17.2 Å². The first kappa shape index (κ1) is 22.2. The minimum absolute atomic E-state index is 0.0436. The van der Waals surface area contributed by atoms with E-state index in [1.165, 1.54) is 0 Å². The van der Waals surface area contributed by atoms with Crippen LogP contribution < -0.4 is 9.47 Å². The molecular formula is C27H33NO5. The van der Waals surface area contributed by atoms with Gasteiger partial charge in [-0.1, -0.05) is 19.1 Å².